The van der Waals surface area contributed by atoms with Crippen molar-refractivity contribution in [2.75, 3.05) is 11.9 Å². The maximum atomic E-state index is 12.4. The molecule has 1 aromatic heterocycles. The Hall–Kier alpha value is -2.17. The van der Waals surface area contributed by atoms with Gasteiger partial charge in [-0.2, -0.15) is 0 Å². The van der Waals surface area contributed by atoms with Crippen LogP contribution < -0.4 is 10.1 Å². The summed E-state index contributed by atoms with van der Waals surface area (Å²) < 4.78 is 30.3. The second-order valence-electron chi connectivity index (χ2n) is 4.18. The van der Waals surface area contributed by atoms with Crippen LogP contribution in [0.3, 0.4) is 0 Å². The molecule has 0 aliphatic heterocycles. The van der Waals surface area contributed by atoms with Gasteiger partial charge in [0.15, 0.2) is 0 Å². The number of aromatic nitrogens is 1. The molecule has 0 bridgehead atoms. The van der Waals surface area contributed by atoms with Crippen LogP contribution >= 0.6 is 0 Å². The van der Waals surface area contributed by atoms with Crippen molar-refractivity contribution in [3.8, 4) is 5.88 Å². The predicted octanol–water partition coefficient (Wildman–Crippen LogP) is 4.03. The molecule has 0 saturated heterocycles. The van der Waals surface area contributed by atoms with Crippen molar-refractivity contribution < 1.29 is 13.5 Å². The van der Waals surface area contributed by atoms with E-state index < -0.39 is 6.43 Å². The van der Waals surface area contributed by atoms with Gasteiger partial charge in [0.2, 0.25) is 5.88 Å². The molecule has 2 aromatic rings. The van der Waals surface area contributed by atoms with E-state index in [2.05, 4.69) is 10.3 Å². The molecule has 3 nitrogen and oxygen atoms in total. The molecule has 1 N–H and O–H groups in total. The van der Waals surface area contributed by atoms with Gasteiger partial charge in [0.1, 0.15) is 0 Å². The number of nitrogens with one attached hydrogen (secondary N) is 1. The Morgan fingerprint density at radius 3 is 2.60 bits per heavy atom. The van der Waals surface area contributed by atoms with E-state index in [9.17, 15) is 8.78 Å². The fourth-order valence-corrected chi connectivity index (χ4v) is 1.76. The highest BCUT2D eigenvalue weighted by molar-refractivity contribution is 5.52. The second kappa shape index (κ2) is 6.84. The first kappa shape index (κ1) is 14.2. The van der Waals surface area contributed by atoms with Gasteiger partial charge in [-0.15, -0.1) is 0 Å². The molecule has 0 amide bonds. The van der Waals surface area contributed by atoms with Crippen LogP contribution in [0.15, 0.2) is 42.6 Å². The van der Waals surface area contributed by atoms with Gasteiger partial charge in [-0.3, -0.25) is 0 Å². The molecule has 0 spiro atoms. The van der Waals surface area contributed by atoms with Crippen LogP contribution in [0.5, 0.6) is 5.88 Å². The smallest absolute Gasteiger partial charge is 0.263 e. The van der Waals surface area contributed by atoms with Gasteiger partial charge in [-0.1, -0.05) is 24.3 Å². The summed E-state index contributed by atoms with van der Waals surface area (Å²) in [7, 11) is 0. The van der Waals surface area contributed by atoms with E-state index in [1.807, 2.05) is 19.1 Å². The predicted molar refractivity (Wildman–Crippen MR) is 74.1 cm³/mol. The average molecular weight is 278 g/mol. The summed E-state index contributed by atoms with van der Waals surface area (Å²) in [6, 6.07) is 9.93. The van der Waals surface area contributed by atoms with Gasteiger partial charge in [0, 0.05) is 18.3 Å². The Bertz CT molecular complexity index is 544. The first-order chi connectivity index (χ1) is 9.70. The lowest BCUT2D eigenvalue weighted by molar-refractivity contribution is 0.151. The van der Waals surface area contributed by atoms with Crippen molar-refractivity contribution >= 4 is 5.69 Å². The standard InChI is InChI=1S/C15H16F2N2O/c1-2-20-15-13(4-3-9-18-15)19-10-11-5-7-12(8-6-11)14(16)17/h3-9,14,19H,2,10H2,1H3. The highest BCUT2D eigenvalue weighted by Gasteiger charge is 2.07. The van der Waals surface area contributed by atoms with Gasteiger partial charge in [0.05, 0.1) is 12.3 Å². The van der Waals surface area contributed by atoms with E-state index >= 15 is 0 Å². The first-order valence-electron chi connectivity index (χ1n) is 6.39. The van der Waals surface area contributed by atoms with Gasteiger partial charge >= 0.3 is 0 Å². The molecule has 1 heterocycles. The minimum Gasteiger partial charge on any atom is -0.476 e. The normalized spacial score (nSPS) is 10.6. The van der Waals surface area contributed by atoms with Crippen LogP contribution in [0.4, 0.5) is 14.5 Å². The van der Waals surface area contributed by atoms with E-state index in [4.69, 9.17) is 4.74 Å². The minimum atomic E-state index is -2.43. The third-order valence-electron chi connectivity index (χ3n) is 2.77. The second-order valence-corrected chi connectivity index (χ2v) is 4.18. The summed E-state index contributed by atoms with van der Waals surface area (Å²) in [5.41, 5.74) is 1.73. The largest absolute Gasteiger partial charge is 0.476 e. The molecule has 0 atom stereocenters. The highest BCUT2D eigenvalue weighted by Crippen LogP contribution is 2.22. The molecule has 1 aromatic carbocycles. The van der Waals surface area contributed by atoms with Crippen LogP contribution in [0.25, 0.3) is 0 Å². The Balaban J connectivity index is 2.01. The lowest BCUT2D eigenvalue weighted by Crippen LogP contribution is -2.04. The molecule has 0 aliphatic carbocycles. The number of rotatable bonds is 6. The van der Waals surface area contributed by atoms with Gasteiger partial charge < -0.3 is 10.1 Å². The Morgan fingerprint density at radius 1 is 1.20 bits per heavy atom. The van der Waals surface area contributed by atoms with Crippen molar-refractivity contribution in [2.45, 2.75) is 19.9 Å². The number of hydrogen-bond donors (Lipinski definition) is 1. The molecule has 0 radical (unpaired) electrons. The zero-order chi connectivity index (χ0) is 14.4. The number of benzene rings is 1. The zero-order valence-corrected chi connectivity index (χ0v) is 11.1. The summed E-state index contributed by atoms with van der Waals surface area (Å²) in [6.45, 7) is 2.95. The molecular weight excluding hydrogens is 262 g/mol. The van der Waals surface area contributed by atoms with Crippen molar-refractivity contribution in [3.63, 3.8) is 0 Å². The third kappa shape index (κ3) is 3.66. The number of hydrogen-bond acceptors (Lipinski definition) is 3. The van der Waals surface area contributed by atoms with E-state index in [1.165, 1.54) is 12.1 Å². The highest BCUT2D eigenvalue weighted by atomic mass is 19.3. The number of alkyl halides is 2. The van der Waals surface area contributed by atoms with Gasteiger partial charge in [-0.25, -0.2) is 13.8 Å². The molecule has 5 heteroatoms. The van der Waals surface area contributed by atoms with E-state index in [0.717, 1.165) is 11.3 Å². The Kier molecular flexibility index (Phi) is 4.87. The molecule has 2 rings (SSSR count). The topological polar surface area (TPSA) is 34.1 Å². The van der Waals surface area contributed by atoms with E-state index in [-0.39, 0.29) is 5.56 Å². The van der Waals surface area contributed by atoms with Crippen LogP contribution in [0.1, 0.15) is 24.5 Å². The van der Waals surface area contributed by atoms with E-state index in [1.54, 1.807) is 18.3 Å². The number of nitrogens with zero attached hydrogens (tertiary/aromatic N) is 1. The molecular formula is C15H16F2N2O. The fourth-order valence-electron chi connectivity index (χ4n) is 1.76. The van der Waals surface area contributed by atoms with Gasteiger partial charge in [0.25, 0.3) is 6.43 Å². The quantitative estimate of drug-likeness (QED) is 0.866. The van der Waals surface area contributed by atoms with Crippen molar-refractivity contribution in [2.24, 2.45) is 0 Å². The van der Waals surface area contributed by atoms with Crippen molar-refractivity contribution in [1.29, 1.82) is 0 Å². The lowest BCUT2D eigenvalue weighted by atomic mass is 10.1. The van der Waals surface area contributed by atoms with Crippen LogP contribution in [-0.2, 0) is 6.54 Å². The number of pyridine rings is 1. The molecule has 0 fully saturated rings. The van der Waals surface area contributed by atoms with Crippen molar-refractivity contribution in [1.82, 2.24) is 4.98 Å². The van der Waals surface area contributed by atoms with E-state index in [0.29, 0.717) is 19.0 Å². The van der Waals surface area contributed by atoms with Gasteiger partial charge in [-0.05, 0) is 24.6 Å². The molecule has 0 saturated carbocycles. The summed E-state index contributed by atoms with van der Waals surface area (Å²) in [4.78, 5) is 4.13. The summed E-state index contributed by atoms with van der Waals surface area (Å²) in [5.74, 6) is 0.541. The zero-order valence-electron chi connectivity index (χ0n) is 11.1. The summed E-state index contributed by atoms with van der Waals surface area (Å²) in [5, 5.41) is 3.19. The lowest BCUT2D eigenvalue weighted by Gasteiger charge is -2.11. The summed E-state index contributed by atoms with van der Waals surface area (Å²) >= 11 is 0. The molecule has 106 valence electrons. The SMILES string of the molecule is CCOc1ncccc1NCc1ccc(C(F)F)cc1. The van der Waals surface area contributed by atoms with Crippen LogP contribution in [0.2, 0.25) is 0 Å². The number of anilines is 1. The Morgan fingerprint density at radius 2 is 1.95 bits per heavy atom. The average Bonchev–Trinajstić information content (AvgIpc) is 2.47. The fraction of sp³-hybridized carbons (Fsp3) is 0.267. The van der Waals surface area contributed by atoms with Crippen LogP contribution in [-0.4, -0.2) is 11.6 Å². The number of halogens is 2. The Labute approximate surface area is 116 Å². The molecule has 0 unspecified atom stereocenters. The monoisotopic (exact) mass is 278 g/mol. The van der Waals surface area contributed by atoms with Crippen molar-refractivity contribution in [3.05, 3.63) is 53.7 Å². The minimum absolute atomic E-state index is 0.0325. The summed E-state index contributed by atoms with van der Waals surface area (Å²) in [6.07, 6.45) is -0.770. The number of ether oxygens (including phenoxy) is 1. The maximum Gasteiger partial charge on any atom is 0.263 e. The van der Waals surface area contributed by atoms with Crippen LogP contribution in [0, 0.1) is 0 Å². The molecule has 0 aliphatic rings. The third-order valence-corrected chi connectivity index (χ3v) is 2.77. The first-order valence-corrected chi connectivity index (χ1v) is 6.39. The maximum absolute atomic E-state index is 12.4. The molecule has 20 heavy (non-hydrogen) atoms.